The number of halogens is 3. The van der Waals surface area contributed by atoms with Gasteiger partial charge in [0.1, 0.15) is 6.04 Å². The molecule has 1 fully saturated rings. The Balaban J connectivity index is 1.99. The minimum Gasteiger partial charge on any atom is -0.340 e. The van der Waals surface area contributed by atoms with Crippen LogP contribution in [-0.2, 0) is 4.79 Å². The molecule has 1 saturated heterocycles. The summed E-state index contributed by atoms with van der Waals surface area (Å²) in [6.07, 6.45) is -3.77. The molecule has 0 unspecified atom stereocenters. The van der Waals surface area contributed by atoms with E-state index in [4.69, 9.17) is 5.73 Å². The molecule has 1 amide bonds. The Bertz CT molecular complexity index is 478. The molecule has 116 valence electrons. The molecule has 0 spiro atoms. The van der Waals surface area contributed by atoms with Gasteiger partial charge in [0, 0.05) is 19.1 Å². The van der Waals surface area contributed by atoms with Gasteiger partial charge in [-0.2, -0.15) is 13.2 Å². The second kappa shape index (κ2) is 6.44. The first kappa shape index (κ1) is 15.8. The van der Waals surface area contributed by atoms with Crippen LogP contribution in [0.5, 0.6) is 0 Å². The van der Waals surface area contributed by atoms with Crippen LogP contribution in [0.25, 0.3) is 0 Å². The molecule has 1 heterocycles. The van der Waals surface area contributed by atoms with Crippen LogP contribution >= 0.6 is 0 Å². The van der Waals surface area contributed by atoms with Crippen molar-refractivity contribution >= 4 is 5.91 Å². The molecule has 4 nitrogen and oxygen atoms in total. The van der Waals surface area contributed by atoms with Gasteiger partial charge >= 0.3 is 6.18 Å². The van der Waals surface area contributed by atoms with Gasteiger partial charge in [-0.25, -0.2) is 0 Å². The van der Waals surface area contributed by atoms with Crippen LogP contribution in [0.1, 0.15) is 18.0 Å². The molecule has 3 N–H and O–H groups in total. The topological polar surface area (TPSA) is 58.4 Å². The number of likely N-dealkylation sites (tertiary alicyclic amines) is 1. The standard InChI is InChI=1S/C14H18F3N3O/c15-14(16,17)13(10-4-2-1-3-5-10)19-8-12(21)20-7-6-11(18)9-20/h1-5,11,13,19H,6-9,18H2/t11-,13+/m0/s1. The fraction of sp³-hybridized carbons (Fsp3) is 0.500. The molecule has 0 radical (unpaired) electrons. The molecule has 1 aliphatic heterocycles. The molecule has 0 bridgehead atoms. The van der Waals surface area contributed by atoms with E-state index in [1.54, 1.807) is 6.07 Å². The van der Waals surface area contributed by atoms with Crippen molar-refractivity contribution in [1.29, 1.82) is 0 Å². The van der Waals surface area contributed by atoms with Crippen molar-refractivity contribution in [2.24, 2.45) is 5.73 Å². The van der Waals surface area contributed by atoms with Crippen molar-refractivity contribution in [3.8, 4) is 0 Å². The van der Waals surface area contributed by atoms with Crippen LogP contribution < -0.4 is 11.1 Å². The van der Waals surface area contributed by atoms with Crippen LogP contribution in [0.2, 0.25) is 0 Å². The second-order valence-corrected chi connectivity index (χ2v) is 5.15. The monoisotopic (exact) mass is 301 g/mol. The van der Waals surface area contributed by atoms with Gasteiger partial charge in [-0.15, -0.1) is 0 Å². The van der Waals surface area contributed by atoms with E-state index in [-0.39, 0.29) is 24.1 Å². The summed E-state index contributed by atoms with van der Waals surface area (Å²) in [6, 6.07) is 5.57. The number of benzene rings is 1. The minimum absolute atomic E-state index is 0.0820. The van der Waals surface area contributed by atoms with E-state index < -0.39 is 12.2 Å². The van der Waals surface area contributed by atoms with E-state index in [9.17, 15) is 18.0 Å². The highest BCUT2D eigenvalue weighted by atomic mass is 19.4. The Kier molecular flexibility index (Phi) is 4.84. The van der Waals surface area contributed by atoms with E-state index in [0.29, 0.717) is 19.5 Å². The summed E-state index contributed by atoms with van der Waals surface area (Å²) >= 11 is 0. The number of rotatable bonds is 4. The number of nitrogens with two attached hydrogens (primary N) is 1. The Morgan fingerprint density at radius 1 is 1.38 bits per heavy atom. The normalized spacial score (nSPS) is 20.6. The molecule has 2 atom stereocenters. The first-order chi connectivity index (χ1) is 9.88. The lowest BCUT2D eigenvalue weighted by atomic mass is 10.1. The molecule has 7 heteroatoms. The van der Waals surface area contributed by atoms with Gasteiger partial charge in [0.25, 0.3) is 0 Å². The summed E-state index contributed by atoms with van der Waals surface area (Å²) in [4.78, 5) is 13.4. The van der Waals surface area contributed by atoms with Crippen molar-refractivity contribution in [3.63, 3.8) is 0 Å². The van der Waals surface area contributed by atoms with E-state index in [0.717, 1.165) is 0 Å². The van der Waals surface area contributed by atoms with E-state index >= 15 is 0 Å². The second-order valence-electron chi connectivity index (χ2n) is 5.15. The Morgan fingerprint density at radius 2 is 2.05 bits per heavy atom. The molecule has 0 aliphatic carbocycles. The van der Waals surface area contributed by atoms with Crippen molar-refractivity contribution in [2.45, 2.75) is 24.7 Å². The number of alkyl halides is 3. The molecule has 1 aromatic rings. The lowest BCUT2D eigenvalue weighted by molar-refractivity contribution is -0.159. The van der Waals surface area contributed by atoms with Gasteiger partial charge in [0.05, 0.1) is 6.54 Å². The summed E-state index contributed by atoms with van der Waals surface area (Å²) < 4.78 is 39.3. The highest BCUT2D eigenvalue weighted by Crippen LogP contribution is 2.32. The van der Waals surface area contributed by atoms with Gasteiger partial charge in [-0.3, -0.25) is 10.1 Å². The van der Waals surface area contributed by atoms with Crippen LogP contribution in [0.3, 0.4) is 0 Å². The number of hydrogen-bond acceptors (Lipinski definition) is 3. The highest BCUT2D eigenvalue weighted by molar-refractivity contribution is 5.78. The van der Waals surface area contributed by atoms with Crippen molar-refractivity contribution < 1.29 is 18.0 Å². The van der Waals surface area contributed by atoms with Crippen LogP contribution in [0.4, 0.5) is 13.2 Å². The van der Waals surface area contributed by atoms with E-state index in [2.05, 4.69) is 5.32 Å². The summed E-state index contributed by atoms with van der Waals surface area (Å²) in [5.74, 6) is -0.354. The highest BCUT2D eigenvalue weighted by Gasteiger charge is 2.41. The molecule has 21 heavy (non-hydrogen) atoms. The zero-order valence-corrected chi connectivity index (χ0v) is 11.4. The van der Waals surface area contributed by atoms with Crippen LogP contribution in [0, 0.1) is 0 Å². The summed E-state index contributed by atoms with van der Waals surface area (Å²) in [7, 11) is 0. The van der Waals surface area contributed by atoms with Gasteiger partial charge < -0.3 is 10.6 Å². The lowest BCUT2D eigenvalue weighted by Gasteiger charge is -2.23. The fourth-order valence-corrected chi connectivity index (χ4v) is 2.38. The molecular formula is C14H18F3N3O. The quantitative estimate of drug-likeness (QED) is 0.885. The number of carbonyl (C=O) groups is 1. The fourth-order valence-electron chi connectivity index (χ4n) is 2.38. The number of amides is 1. The Hall–Kier alpha value is -1.60. The largest absolute Gasteiger partial charge is 0.407 e. The molecule has 1 aromatic carbocycles. The third kappa shape index (κ3) is 4.18. The number of nitrogens with zero attached hydrogens (tertiary/aromatic N) is 1. The zero-order valence-electron chi connectivity index (χ0n) is 11.4. The summed E-state index contributed by atoms with van der Waals surface area (Å²) in [5.41, 5.74) is 5.78. The average molecular weight is 301 g/mol. The first-order valence-electron chi connectivity index (χ1n) is 6.76. The van der Waals surface area contributed by atoms with Gasteiger partial charge in [0.2, 0.25) is 5.91 Å². The van der Waals surface area contributed by atoms with Gasteiger partial charge in [0.15, 0.2) is 0 Å². The summed E-state index contributed by atoms with van der Waals surface area (Å²) in [6.45, 7) is 0.554. The maximum atomic E-state index is 13.1. The predicted molar refractivity (Wildman–Crippen MR) is 72.4 cm³/mol. The third-order valence-electron chi connectivity index (χ3n) is 3.50. The van der Waals surface area contributed by atoms with Crippen molar-refractivity contribution in [3.05, 3.63) is 35.9 Å². The SMILES string of the molecule is N[C@H]1CCN(C(=O)CN[C@H](c2ccccc2)C(F)(F)F)C1. The van der Waals surface area contributed by atoms with Gasteiger partial charge in [-0.05, 0) is 12.0 Å². The Labute approximate surface area is 121 Å². The van der Waals surface area contributed by atoms with Crippen molar-refractivity contribution in [1.82, 2.24) is 10.2 Å². The first-order valence-corrected chi connectivity index (χ1v) is 6.76. The number of carbonyl (C=O) groups excluding carboxylic acids is 1. The van der Waals surface area contributed by atoms with E-state index in [1.807, 2.05) is 0 Å². The Morgan fingerprint density at radius 3 is 2.57 bits per heavy atom. The molecule has 0 saturated carbocycles. The molecule has 2 rings (SSSR count). The molecular weight excluding hydrogens is 283 g/mol. The molecule has 1 aliphatic rings. The number of hydrogen-bond donors (Lipinski definition) is 2. The predicted octanol–water partition coefficient (Wildman–Crippen LogP) is 1.44. The van der Waals surface area contributed by atoms with Crippen molar-refractivity contribution in [2.75, 3.05) is 19.6 Å². The molecule has 0 aromatic heterocycles. The average Bonchev–Trinajstić information content (AvgIpc) is 2.85. The summed E-state index contributed by atoms with van der Waals surface area (Å²) in [5, 5.41) is 2.31. The van der Waals surface area contributed by atoms with E-state index in [1.165, 1.54) is 29.2 Å². The van der Waals surface area contributed by atoms with Crippen LogP contribution in [0.15, 0.2) is 30.3 Å². The number of nitrogens with one attached hydrogen (secondary N) is 1. The minimum atomic E-state index is -4.46. The third-order valence-corrected chi connectivity index (χ3v) is 3.50. The van der Waals surface area contributed by atoms with Crippen LogP contribution in [-0.4, -0.2) is 42.7 Å². The maximum Gasteiger partial charge on any atom is 0.407 e. The maximum absolute atomic E-state index is 13.1. The van der Waals surface area contributed by atoms with Gasteiger partial charge in [-0.1, -0.05) is 30.3 Å². The smallest absolute Gasteiger partial charge is 0.340 e. The zero-order chi connectivity index (χ0) is 15.5. The lowest BCUT2D eigenvalue weighted by Crippen LogP contribution is -2.42.